The van der Waals surface area contributed by atoms with Crippen molar-refractivity contribution in [2.45, 2.75) is 23.6 Å². The maximum atomic E-state index is 13.6. The van der Waals surface area contributed by atoms with E-state index in [1.54, 1.807) is 73.4 Å². The van der Waals surface area contributed by atoms with Gasteiger partial charge in [-0.05, 0) is 72.5 Å². The predicted octanol–water partition coefficient (Wildman–Crippen LogP) is 5.07. The fourth-order valence-electron chi connectivity index (χ4n) is 5.22. The number of nitrogens with zero attached hydrogens (tertiary/aromatic N) is 6. The second kappa shape index (κ2) is 17.3. The zero-order chi connectivity index (χ0) is 35.4. The molecule has 1 heterocycles. The second-order valence-electron chi connectivity index (χ2n) is 11.9. The van der Waals surface area contributed by atoms with E-state index in [1.165, 1.54) is 8.61 Å². The summed E-state index contributed by atoms with van der Waals surface area (Å²) in [6, 6.07) is 28.9. The van der Waals surface area contributed by atoms with Crippen molar-refractivity contribution in [2.75, 3.05) is 52.4 Å². The molecule has 1 aliphatic rings. The molecule has 0 N–H and O–H groups in total. The first-order valence-corrected chi connectivity index (χ1v) is 19.3. The Hall–Kier alpha value is -4.62. The third-order valence-electron chi connectivity index (χ3n) is 8.01. The molecule has 0 unspecified atom stereocenters. The molecule has 4 bridgehead atoms. The molecular formula is C38H42N6O4S2. The van der Waals surface area contributed by atoms with Crippen LogP contribution in [-0.4, -0.2) is 103 Å². The first kappa shape index (κ1) is 36.7. The van der Waals surface area contributed by atoms with Gasteiger partial charge in [0.05, 0.1) is 36.0 Å². The molecule has 50 heavy (non-hydrogen) atoms. The summed E-state index contributed by atoms with van der Waals surface area (Å²) < 4.78 is 57.3. The SMILES string of the molecule is Cc1ccc(S(=O)(=O)N2CCN=Cc3cccc(c3)C=NCCN(S(=O)(=O)c3ccc(C)cc3)CCN=Cc3cccc(c3)C=NCC2)cc1. The largest absolute Gasteiger partial charge is 0.291 e. The quantitative estimate of drug-likeness (QED) is 0.293. The van der Waals surface area contributed by atoms with E-state index >= 15 is 0 Å². The Balaban J connectivity index is 1.39. The molecule has 0 atom stereocenters. The Kier molecular flexibility index (Phi) is 12.7. The number of hydrogen-bond acceptors (Lipinski definition) is 8. The summed E-state index contributed by atoms with van der Waals surface area (Å²) in [7, 11) is -7.52. The minimum Gasteiger partial charge on any atom is -0.291 e. The first-order chi connectivity index (χ1) is 24.1. The van der Waals surface area contributed by atoms with Crippen LogP contribution in [0.15, 0.2) is 127 Å². The van der Waals surface area contributed by atoms with Crippen molar-refractivity contribution in [2.24, 2.45) is 20.0 Å². The molecule has 0 saturated carbocycles. The number of rotatable bonds is 4. The summed E-state index contributed by atoms with van der Waals surface area (Å²) in [5.74, 6) is 0. The Morgan fingerprint density at radius 2 is 0.720 bits per heavy atom. The van der Waals surface area contributed by atoms with Crippen molar-refractivity contribution >= 4 is 44.9 Å². The van der Waals surface area contributed by atoms with Crippen LogP contribution in [0.2, 0.25) is 0 Å². The molecule has 10 nitrogen and oxygen atoms in total. The smallest absolute Gasteiger partial charge is 0.243 e. The summed E-state index contributed by atoms with van der Waals surface area (Å²) in [4.78, 5) is 18.6. The number of aliphatic imine (C=N–C) groups is 4. The van der Waals surface area contributed by atoms with Crippen LogP contribution in [0.5, 0.6) is 0 Å². The molecule has 0 radical (unpaired) electrons. The molecule has 1 aliphatic heterocycles. The van der Waals surface area contributed by atoms with Crippen LogP contribution in [0.3, 0.4) is 0 Å². The van der Waals surface area contributed by atoms with Crippen LogP contribution in [0, 0.1) is 13.8 Å². The molecule has 0 saturated heterocycles. The highest BCUT2D eigenvalue weighted by atomic mass is 32.2. The summed E-state index contributed by atoms with van der Waals surface area (Å²) in [5, 5.41) is 0. The van der Waals surface area contributed by atoms with Crippen molar-refractivity contribution in [1.29, 1.82) is 0 Å². The molecule has 5 rings (SSSR count). The van der Waals surface area contributed by atoms with Gasteiger partial charge in [0.1, 0.15) is 0 Å². The zero-order valence-electron chi connectivity index (χ0n) is 28.3. The van der Waals surface area contributed by atoms with Crippen LogP contribution in [0.25, 0.3) is 0 Å². The molecule has 12 heteroatoms. The van der Waals surface area contributed by atoms with Crippen molar-refractivity contribution in [3.05, 3.63) is 130 Å². The third kappa shape index (κ3) is 10.2. The van der Waals surface area contributed by atoms with E-state index in [0.717, 1.165) is 33.4 Å². The van der Waals surface area contributed by atoms with Gasteiger partial charge >= 0.3 is 0 Å². The van der Waals surface area contributed by atoms with E-state index in [9.17, 15) is 16.8 Å². The average molecular weight is 711 g/mol. The van der Waals surface area contributed by atoms with E-state index in [1.807, 2.05) is 62.4 Å². The monoisotopic (exact) mass is 710 g/mol. The second-order valence-corrected chi connectivity index (χ2v) is 15.8. The molecule has 0 spiro atoms. The molecule has 0 aliphatic carbocycles. The Morgan fingerprint density at radius 1 is 0.440 bits per heavy atom. The minimum atomic E-state index is -3.76. The minimum absolute atomic E-state index is 0.192. The molecule has 0 amide bonds. The van der Waals surface area contributed by atoms with Gasteiger partial charge < -0.3 is 0 Å². The number of fused-ring (bicyclic) bond motifs is 4. The molecule has 4 aromatic rings. The lowest BCUT2D eigenvalue weighted by atomic mass is 10.1. The van der Waals surface area contributed by atoms with Gasteiger partial charge in [-0.2, -0.15) is 8.61 Å². The molecule has 4 aromatic carbocycles. The van der Waals surface area contributed by atoms with E-state index < -0.39 is 20.0 Å². The Labute approximate surface area is 295 Å². The Bertz CT molecular complexity index is 1860. The average Bonchev–Trinajstić information content (AvgIpc) is 3.10. The molecule has 260 valence electrons. The first-order valence-electron chi connectivity index (χ1n) is 16.4. The van der Waals surface area contributed by atoms with Crippen molar-refractivity contribution in [1.82, 2.24) is 8.61 Å². The van der Waals surface area contributed by atoms with E-state index in [-0.39, 0.29) is 62.1 Å². The van der Waals surface area contributed by atoms with Gasteiger partial charge in [0.2, 0.25) is 20.0 Å². The lowest BCUT2D eigenvalue weighted by Crippen LogP contribution is -2.35. The summed E-state index contributed by atoms with van der Waals surface area (Å²) in [6.45, 7) is 5.66. The van der Waals surface area contributed by atoms with Crippen LogP contribution in [0.4, 0.5) is 0 Å². The Morgan fingerprint density at radius 3 is 1.00 bits per heavy atom. The van der Waals surface area contributed by atoms with E-state index in [2.05, 4.69) is 20.0 Å². The van der Waals surface area contributed by atoms with Crippen LogP contribution in [-0.2, 0) is 20.0 Å². The standard InChI is InChI=1S/C38H42N6O4S2/c1-31-9-13-37(14-10-31)49(45,46)43-21-17-39-27-33-5-3-7-35(25-33)29-41-19-23-44(50(47,48)38-15-11-32(2)12-16-38)24-20-42-30-36-8-4-6-34(26-36)28-40-18-22-43/h3-16,25-30H,17-24H2,1-2H3. The fraction of sp³-hybridized carbons (Fsp3) is 0.263. The van der Waals surface area contributed by atoms with Crippen LogP contribution >= 0.6 is 0 Å². The maximum absolute atomic E-state index is 13.6. The maximum Gasteiger partial charge on any atom is 0.243 e. The summed E-state index contributed by atoms with van der Waals surface area (Å²) in [5.41, 5.74) is 5.31. The van der Waals surface area contributed by atoms with Gasteiger partial charge in [0.15, 0.2) is 0 Å². The van der Waals surface area contributed by atoms with Crippen molar-refractivity contribution in [3.8, 4) is 0 Å². The fourth-order valence-corrected chi connectivity index (χ4v) is 8.06. The number of hydrogen-bond donors (Lipinski definition) is 0. The number of aryl methyl sites for hydroxylation is 2. The van der Waals surface area contributed by atoms with Gasteiger partial charge in [-0.15, -0.1) is 0 Å². The molecule has 0 fully saturated rings. The highest BCUT2D eigenvalue weighted by molar-refractivity contribution is 7.89. The summed E-state index contributed by atoms with van der Waals surface area (Å²) in [6.07, 6.45) is 6.87. The van der Waals surface area contributed by atoms with Crippen LogP contribution < -0.4 is 0 Å². The van der Waals surface area contributed by atoms with Crippen molar-refractivity contribution in [3.63, 3.8) is 0 Å². The number of sulfonamides is 2. The molecule has 0 aromatic heterocycles. The highest BCUT2D eigenvalue weighted by Crippen LogP contribution is 2.18. The number of benzene rings is 4. The van der Waals surface area contributed by atoms with Gasteiger partial charge in [0.25, 0.3) is 0 Å². The normalized spacial score (nSPS) is 16.2. The summed E-state index contributed by atoms with van der Waals surface area (Å²) >= 11 is 0. The lowest BCUT2D eigenvalue weighted by molar-refractivity contribution is 0.426. The highest BCUT2D eigenvalue weighted by Gasteiger charge is 2.24. The third-order valence-corrected chi connectivity index (χ3v) is 11.8. The molecular weight excluding hydrogens is 669 g/mol. The topological polar surface area (TPSA) is 124 Å². The van der Waals surface area contributed by atoms with E-state index in [0.29, 0.717) is 0 Å². The van der Waals surface area contributed by atoms with Gasteiger partial charge in [-0.3, -0.25) is 20.0 Å². The van der Waals surface area contributed by atoms with Gasteiger partial charge in [-0.25, -0.2) is 16.8 Å². The van der Waals surface area contributed by atoms with Crippen LogP contribution in [0.1, 0.15) is 33.4 Å². The van der Waals surface area contributed by atoms with Crippen molar-refractivity contribution < 1.29 is 16.8 Å². The van der Waals surface area contributed by atoms with Gasteiger partial charge in [0, 0.05) is 51.0 Å². The lowest BCUT2D eigenvalue weighted by Gasteiger charge is -2.21. The zero-order valence-corrected chi connectivity index (χ0v) is 30.0. The predicted molar refractivity (Wildman–Crippen MR) is 203 cm³/mol. The van der Waals surface area contributed by atoms with Gasteiger partial charge in [-0.1, -0.05) is 71.8 Å². The van der Waals surface area contributed by atoms with E-state index in [4.69, 9.17) is 0 Å².